The Kier molecular flexibility index (Phi) is 1.90. The van der Waals surface area contributed by atoms with Gasteiger partial charge in [-0.1, -0.05) is 0 Å². The molecule has 3 rings (SSSR count). The number of pyridine rings is 1. The van der Waals surface area contributed by atoms with Crippen LogP contribution >= 0.6 is 0 Å². The van der Waals surface area contributed by atoms with Gasteiger partial charge in [0, 0.05) is 22.8 Å². The number of aromatic nitrogens is 1. The Morgan fingerprint density at radius 3 is 2.94 bits per heavy atom. The molecule has 16 heavy (non-hydrogen) atoms. The highest BCUT2D eigenvalue weighted by Crippen LogP contribution is 2.33. The summed E-state index contributed by atoms with van der Waals surface area (Å²) in [5, 5.41) is 0.919. The van der Waals surface area contributed by atoms with Crippen LogP contribution in [0, 0.1) is 12.7 Å². The molecule has 1 aromatic carbocycles. The molecule has 0 spiro atoms. The van der Waals surface area contributed by atoms with Crippen LogP contribution in [0.2, 0.25) is 0 Å². The molecule has 82 valence electrons. The van der Waals surface area contributed by atoms with Gasteiger partial charge in [0.2, 0.25) is 0 Å². The van der Waals surface area contributed by atoms with Crippen molar-refractivity contribution in [2.24, 2.45) is 0 Å². The first-order valence-electron chi connectivity index (χ1n) is 5.54. The number of rotatable bonds is 0. The minimum absolute atomic E-state index is 0.241. The van der Waals surface area contributed by atoms with Gasteiger partial charge in [-0.05, 0) is 43.4 Å². The van der Waals surface area contributed by atoms with Gasteiger partial charge in [-0.3, -0.25) is 4.98 Å². The quantitative estimate of drug-likeness (QED) is 0.735. The zero-order chi connectivity index (χ0) is 11.3. The Hall–Kier alpha value is -1.64. The summed E-state index contributed by atoms with van der Waals surface area (Å²) in [5.74, 6) is -0.241. The topological polar surface area (TPSA) is 38.9 Å². The molecule has 0 bridgehead atoms. The Bertz CT molecular complexity index is 590. The molecule has 1 aliphatic rings. The Balaban J connectivity index is 2.46. The third-order valence-electron chi connectivity index (χ3n) is 3.32. The van der Waals surface area contributed by atoms with Crippen LogP contribution in [-0.4, -0.2) is 4.98 Å². The summed E-state index contributed by atoms with van der Waals surface area (Å²) in [4.78, 5) is 4.52. The van der Waals surface area contributed by atoms with E-state index in [2.05, 4.69) is 4.98 Å². The third kappa shape index (κ3) is 1.21. The molecule has 1 aliphatic carbocycles. The zero-order valence-electron chi connectivity index (χ0n) is 9.18. The average molecular weight is 216 g/mol. The maximum atomic E-state index is 13.3. The minimum atomic E-state index is -0.241. The molecule has 0 aliphatic heterocycles. The molecule has 0 amide bonds. The van der Waals surface area contributed by atoms with Crippen molar-refractivity contribution < 1.29 is 4.39 Å². The summed E-state index contributed by atoms with van der Waals surface area (Å²) in [6.07, 6.45) is 3.07. The SMILES string of the molecule is Cc1cc(F)cc2nc3c(c(N)c12)CCC3. The second kappa shape index (κ2) is 3.17. The number of fused-ring (bicyclic) bond motifs is 2. The number of anilines is 1. The van der Waals surface area contributed by atoms with Crippen molar-refractivity contribution >= 4 is 16.6 Å². The predicted molar refractivity (Wildman–Crippen MR) is 62.9 cm³/mol. The monoisotopic (exact) mass is 216 g/mol. The van der Waals surface area contributed by atoms with Crippen molar-refractivity contribution in [1.82, 2.24) is 4.98 Å². The molecule has 1 aromatic heterocycles. The number of nitrogen functional groups attached to an aromatic ring is 1. The molecular formula is C13H13FN2. The van der Waals surface area contributed by atoms with Gasteiger partial charge in [0.15, 0.2) is 0 Å². The molecule has 0 fully saturated rings. The molecule has 2 nitrogen and oxygen atoms in total. The lowest BCUT2D eigenvalue weighted by Crippen LogP contribution is -2.00. The summed E-state index contributed by atoms with van der Waals surface area (Å²) >= 11 is 0. The van der Waals surface area contributed by atoms with E-state index in [1.54, 1.807) is 0 Å². The first-order valence-corrected chi connectivity index (χ1v) is 5.54. The lowest BCUT2D eigenvalue weighted by Gasteiger charge is -2.10. The van der Waals surface area contributed by atoms with E-state index >= 15 is 0 Å². The number of halogens is 1. The Labute approximate surface area is 93.3 Å². The van der Waals surface area contributed by atoms with Crippen molar-refractivity contribution in [3.05, 3.63) is 34.8 Å². The largest absolute Gasteiger partial charge is 0.398 e. The van der Waals surface area contributed by atoms with Crippen LogP contribution in [0.25, 0.3) is 10.9 Å². The first-order chi connectivity index (χ1) is 7.66. The van der Waals surface area contributed by atoms with E-state index in [-0.39, 0.29) is 5.82 Å². The first kappa shape index (κ1) is 9.58. The summed E-state index contributed by atoms with van der Waals surface area (Å²) in [5.41, 5.74) is 10.7. The molecule has 0 radical (unpaired) electrons. The summed E-state index contributed by atoms with van der Waals surface area (Å²) < 4.78 is 13.3. The fourth-order valence-corrected chi connectivity index (χ4v) is 2.60. The zero-order valence-corrected chi connectivity index (χ0v) is 9.18. The Morgan fingerprint density at radius 2 is 2.12 bits per heavy atom. The normalized spacial score (nSPS) is 14.4. The van der Waals surface area contributed by atoms with E-state index in [1.807, 2.05) is 6.92 Å². The molecule has 2 aromatic rings. The van der Waals surface area contributed by atoms with Gasteiger partial charge in [0.05, 0.1) is 5.52 Å². The van der Waals surface area contributed by atoms with Crippen LogP contribution in [0.3, 0.4) is 0 Å². The third-order valence-corrected chi connectivity index (χ3v) is 3.32. The molecule has 3 heteroatoms. The summed E-state index contributed by atoms with van der Waals surface area (Å²) in [7, 11) is 0. The van der Waals surface area contributed by atoms with E-state index in [0.29, 0.717) is 5.52 Å². The van der Waals surface area contributed by atoms with Crippen LogP contribution in [0.15, 0.2) is 12.1 Å². The second-order valence-electron chi connectivity index (χ2n) is 4.42. The average Bonchev–Trinajstić information content (AvgIpc) is 2.64. The van der Waals surface area contributed by atoms with Crippen LogP contribution in [0.4, 0.5) is 10.1 Å². The minimum Gasteiger partial charge on any atom is -0.398 e. The number of hydrogen-bond acceptors (Lipinski definition) is 2. The summed E-state index contributed by atoms with van der Waals surface area (Å²) in [6, 6.07) is 2.99. The fraction of sp³-hybridized carbons (Fsp3) is 0.308. The van der Waals surface area contributed by atoms with Crippen molar-refractivity contribution in [2.45, 2.75) is 26.2 Å². The number of nitrogens with two attached hydrogens (primary N) is 1. The molecular weight excluding hydrogens is 203 g/mol. The number of nitrogens with zero attached hydrogens (tertiary/aromatic N) is 1. The maximum Gasteiger partial charge on any atom is 0.125 e. The Morgan fingerprint density at radius 1 is 1.31 bits per heavy atom. The van der Waals surface area contributed by atoms with E-state index in [1.165, 1.54) is 17.7 Å². The maximum absolute atomic E-state index is 13.3. The van der Waals surface area contributed by atoms with Gasteiger partial charge in [-0.2, -0.15) is 0 Å². The van der Waals surface area contributed by atoms with Crippen LogP contribution in [0.1, 0.15) is 23.2 Å². The highest BCUT2D eigenvalue weighted by atomic mass is 19.1. The van der Waals surface area contributed by atoms with Crippen LogP contribution in [0.5, 0.6) is 0 Å². The van der Waals surface area contributed by atoms with Crippen molar-refractivity contribution in [3.8, 4) is 0 Å². The lowest BCUT2D eigenvalue weighted by molar-refractivity contribution is 0.628. The second-order valence-corrected chi connectivity index (χ2v) is 4.42. The van der Waals surface area contributed by atoms with Crippen molar-refractivity contribution in [2.75, 3.05) is 5.73 Å². The van der Waals surface area contributed by atoms with E-state index < -0.39 is 0 Å². The summed E-state index contributed by atoms with van der Waals surface area (Å²) in [6.45, 7) is 1.88. The van der Waals surface area contributed by atoms with Crippen LogP contribution in [-0.2, 0) is 12.8 Å². The van der Waals surface area contributed by atoms with Crippen LogP contribution < -0.4 is 5.73 Å². The van der Waals surface area contributed by atoms with Gasteiger partial charge in [-0.15, -0.1) is 0 Å². The van der Waals surface area contributed by atoms with Crippen molar-refractivity contribution in [1.29, 1.82) is 0 Å². The van der Waals surface area contributed by atoms with E-state index in [9.17, 15) is 4.39 Å². The molecule has 0 unspecified atom stereocenters. The van der Waals surface area contributed by atoms with Gasteiger partial charge < -0.3 is 5.73 Å². The standard InChI is InChI=1S/C13H13FN2/c1-7-5-8(14)6-11-12(7)13(15)9-3-2-4-10(9)16-11/h5-6H,2-4H2,1H3,(H2,15,16). The lowest BCUT2D eigenvalue weighted by atomic mass is 10.0. The smallest absolute Gasteiger partial charge is 0.125 e. The van der Waals surface area contributed by atoms with Gasteiger partial charge >= 0.3 is 0 Å². The predicted octanol–water partition coefficient (Wildman–Crippen LogP) is 2.75. The van der Waals surface area contributed by atoms with Gasteiger partial charge in [0.25, 0.3) is 0 Å². The number of benzene rings is 1. The molecule has 0 saturated carbocycles. The van der Waals surface area contributed by atoms with E-state index in [4.69, 9.17) is 5.73 Å². The van der Waals surface area contributed by atoms with E-state index in [0.717, 1.165) is 41.6 Å². The number of aryl methyl sites for hydroxylation is 2. The number of hydrogen-bond donors (Lipinski definition) is 1. The molecule has 2 N–H and O–H groups in total. The molecule has 0 saturated heterocycles. The van der Waals surface area contributed by atoms with Gasteiger partial charge in [-0.25, -0.2) is 4.39 Å². The molecule has 1 heterocycles. The van der Waals surface area contributed by atoms with Gasteiger partial charge in [0.1, 0.15) is 5.82 Å². The fourth-order valence-electron chi connectivity index (χ4n) is 2.60. The highest BCUT2D eigenvalue weighted by Gasteiger charge is 2.19. The highest BCUT2D eigenvalue weighted by molar-refractivity contribution is 5.95. The van der Waals surface area contributed by atoms with Crippen molar-refractivity contribution in [3.63, 3.8) is 0 Å². The molecule has 0 atom stereocenters.